The highest BCUT2D eigenvalue weighted by molar-refractivity contribution is 6.46. The van der Waals surface area contributed by atoms with E-state index in [4.69, 9.17) is 21.1 Å². The second-order valence-electron chi connectivity index (χ2n) is 6.27. The highest BCUT2D eigenvalue weighted by Crippen LogP contribution is 2.39. The van der Waals surface area contributed by atoms with Crippen molar-refractivity contribution in [2.75, 3.05) is 27.4 Å². The van der Waals surface area contributed by atoms with E-state index in [2.05, 4.69) is 0 Å². The summed E-state index contributed by atoms with van der Waals surface area (Å²) in [7, 11) is 3.03. The van der Waals surface area contributed by atoms with Gasteiger partial charge in [0.15, 0.2) is 0 Å². The molecule has 2 aromatic carbocycles. The van der Waals surface area contributed by atoms with Crippen LogP contribution in [-0.4, -0.2) is 49.1 Å². The third kappa shape index (κ3) is 3.74. The van der Waals surface area contributed by atoms with Gasteiger partial charge in [-0.3, -0.25) is 9.59 Å². The van der Waals surface area contributed by atoms with Crippen LogP contribution in [0.1, 0.15) is 17.2 Å². The van der Waals surface area contributed by atoms with Gasteiger partial charge in [0.05, 0.1) is 25.3 Å². The number of likely N-dealkylation sites (tertiary alicyclic amines) is 1. The Hall–Kier alpha value is -2.83. The Morgan fingerprint density at radius 1 is 1.14 bits per heavy atom. The third-order valence-electron chi connectivity index (χ3n) is 4.61. The Labute approximate surface area is 167 Å². The molecule has 1 N–H and O–H groups in total. The van der Waals surface area contributed by atoms with Gasteiger partial charge in [0.25, 0.3) is 11.7 Å². The number of halogens is 1. The number of ether oxygens (including phenoxy) is 2. The Morgan fingerprint density at radius 3 is 2.50 bits per heavy atom. The first-order valence-electron chi connectivity index (χ1n) is 8.65. The summed E-state index contributed by atoms with van der Waals surface area (Å²) < 4.78 is 10.3. The van der Waals surface area contributed by atoms with Crippen LogP contribution in [0.4, 0.5) is 0 Å². The van der Waals surface area contributed by atoms with Crippen LogP contribution in [0.2, 0.25) is 5.02 Å². The fourth-order valence-electron chi connectivity index (χ4n) is 3.22. The summed E-state index contributed by atoms with van der Waals surface area (Å²) >= 11 is 5.98. The third-order valence-corrected chi connectivity index (χ3v) is 4.86. The molecule has 146 valence electrons. The van der Waals surface area contributed by atoms with Gasteiger partial charge < -0.3 is 19.5 Å². The molecule has 1 aliphatic heterocycles. The van der Waals surface area contributed by atoms with Crippen LogP contribution in [-0.2, 0) is 14.3 Å². The molecule has 28 heavy (non-hydrogen) atoms. The zero-order chi connectivity index (χ0) is 20.3. The molecule has 1 saturated heterocycles. The number of carbonyl (C=O) groups excluding carboxylic acids is 2. The molecule has 1 unspecified atom stereocenters. The van der Waals surface area contributed by atoms with Crippen LogP contribution in [0.15, 0.2) is 54.1 Å². The number of Topliss-reactive ketones (excluding diaryl/α,β-unsaturated/α-hetero) is 1. The van der Waals surface area contributed by atoms with Crippen molar-refractivity contribution >= 4 is 29.1 Å². The minimum Gasteiger partial charge on any atom is -0.507 e. The molecular formula is C21H20ClNO5. The smallest absolute Gasteiger partial charge is 0.295 e. The first kappa shape index (κ1) is 19.9. The second-order valence-corrected chi connectivity index (χ2v) is 6.71. The number of carbonyl (C=O) groups is 2. The number of benzene rings is 2. The molecular weight excluding hydrogens is 382 g/mol. The maximum atomic E-state index is 12.8. The van der Waals surface area contributed by atoms with Gasteiger partial charge >= 0.3 is 0 Å². The molecule has 0 saturated carbocycles. The number of rotatable bonds is 6. The number of amides is 1. The van der Waals surface area contributed by atoms with Crippen molar-refractivity contribution in [3.63, 3.8) is 0 Å². The average molecular weight is 402 g/mol. The molecule has 0 bridgehead atoms. The molecule has 7 heteroatoms. The first-order valence-corrected chi connectivity index (χ1v) is 9.03. The summed E-state index contributed by atoms with van der Waals surface area (Å²) in [6, 6.07) is 12.8. The number of methoxy groups -OCH3 is 2. The van der Waals surface area contributed by atoms with Gasteiger partial charge in [0, 0.05) is 24.2 Å². The van der Waals surface area contributed by atoms with E-state index in [9.17, 15) is 14.7 Å². The van der Waals surface area contributed by atoms with E-state index >= 15 is 0 Å². The molecule has 1 aliphatic rings. The normalized spacial score (nSPS) is 18.5. The van der Waals surface area contributed by atoms with Crippen molar-refractivity contribution in [1.82, 2.24) is 4.90 Å². The fraction of sp³-hybridized carbons (Fsp3) is 0.238. The lowest BCUT2D eigenvalue weighted by Crippen LogP contribution is -2.32. The summed E-state index contributed by atoms with van der Waals surface area (Å²) in [6.07, 6.45) is 0. The molecule has 1 fully saturated rings. The molecule has 0 spiro atoms. The summed E-state index contributed by atoms with van der Waals surface area (Å²) in [5.74, 6) is -1.14. The Bertz CT molecular complexity index is 923. The zero-order valence-electron chi connectivity index (χ0n) is 15.5. The van der Waals surface area contributed by atoms with Crippen LogP contribution in [0.3, 0.4) is 0 Å². The van der Waals surface area contributed by atoms with Crippen LogP contribution < -0.4 is 4.74 Å². The number of aliphatic hydroxyl groups is 1. The van der Waals surface area contributed by atoms with Gasteiger partial charge in [-0.25, -0.2) is 0 Å². The van der Waals surface area contributed by atoms with E-state index in [0.29, 0.717) is 21.9 Å². The maximum absolute atomic E-state index is 12.8. The predicted molar refractivity (Wildman–Crippen MR) is 105 cm³/mol. The minimum absolute atomic E-state index is 0.0247. The second kappa shape index (κ2) is 8.46. The van der Waals surface area contributed by atoms with Crippen molar-refractivity contribution in [2.45, 2.75) is 6.04 Å². The molecule has 3 rings (SSSR count). The van der Waals surface area contributed by atoms with Gasteiger partial charge in [-0.15, -0.1) is 0 Å². The Morgan fingerprint density at radius 2 is 1.86 bits per heavy atom. The highest BCUT2D eigenvalue weighted by Gasteiger charge is 2.45. The number of nitrogens with zero attached hydrogens (tertiary/aromatic N) is 1. The van der Waals surface area contributed by atoms with Crippen molar-refractivity contribution in [1.29, 1.82) is 0 Å². The van der Waals surface area contributed by atoms with Crippen molar-refractivity contribution in [2.24, 2.45) is 0 Å². The number of hydrogen-bond donors (Lipinski definition) is 1. The van der Waals surface area contributed by atoms with Crippen LogP contribution in [0.25, 0.3) is 5.76 Å². The summed E-state index contributed by atoms with van der Waals surface area (Å²) in [5.41, 5.74) is 1.09. The number of ketones is 1. The van der Waals surface area contributed by atoms with E-state index < -0.39 is 17.7 Å². The lowest BCUT2D eigenvalue weighted by molar-refractivity contribution is -0.140. The monoisotopic (exact) mass is 401 g/mol. The van der Waals surface area contributed by atoms with Gasteiger partial charge in [0.2, 0.25) is 0 Å². The predicted octanol–water partition coefficient (Wildman–Crippen LogP) is 3.42. The van der Waals surface area contributed by atoms with Crippen LogP contribution in [0, 0.1) is 0 Å². The first-order chi connectivity index (χ1) is 13.5. The van der Waals surface area contributed by atoms with Crippen molar-refractivity contribution in [3.05, 3.63) is 70.3 Å². The van der Waals surface area contributed by atoms with E-state index in [1.165, 1.54) is 19.1 Å². The summed E-state index contributed by atoms with van der Waals surface area (Å²) in [5, 5.41) is 11.5. The fourth-order valence-corrected chi connectivity index (χ4v) is 3.34. The molecule has 6 nitrogen and oxygen atoms in total. The Kier molecular flexibility index (Phi) is 6.02. The molecule has 1 amide bonds. The van der Waals surface area contributed by atoms with Crippen molar-refractivity contribution in [3.8, 4) is 5.75 Å². The quantitative estimate of drug-likeness (QED) is 0.456. The zero-order valence-corrected chi connectivity index (χ0v) is 16.3. The minimum atomic E-state index is -0.739. The average Bonchev–Trinajstić information content (AvgIpc) is 2.97. The molecule has 0 radical (unpaired) electrons. The van der Waals surface area contributed by atoms with E-state index in [1.54, 1.807) is 48.5 Å². The Balaban J connectivity index is 2.15. The number of hydrogen-bond acceptors (Lipinski definition) is 5. The van der Waals surface area contributed by atoms with Crippen LogP contribution in [0.5, 0.6) is 5.75 Å². The maximum Gasteiger partial charge on any atom is 0.295 e. The highest BCUT2D eigenvalue weighted by atomic mass is 35.5. The van der Waals surface area contributed by atoms with Gasteiger partial charge in [0.1, 0.15) is 11.5 Å². The van der Waals surface area contributed by atoms with E-state index in [-0.39, 0.29) is 24.5 Å². The molecule has 1 atom stereocenters. The SMILES string of the molecule is COCCN1C(=O)C(=O)/C(=C(/O)c2cccc(OC)c2)C1c1ccc(Cl)cc1. The standard InChI is InChI=1S/C21H20ClNO5/c1-27-11-10-23-18(13-6-8-15(22)9-7-13)17(20(25)21(23)26)19(24)14-4-3-5-16(12-14)28-2/h3-9,12,18,24H,10-11H2,1-2H3/b19-17+. The molecule has 0 aromatic heterocycles. The van der Waals surface area contributed by atoms with Gasteiger partial charge in [-0.1, -0.05) is 35.9 Å². The number of aliphatic hydroxyl groups excluding tert-OH is 1. The topological polar surface area (TPSA) is 76.1 Å². The van der Waals surface area contributed by atoms with E-state index in [0.717, 1.165) is 0 Å². The van der Waals surface area contributed by atoms with Crippen LogP contribution >= 0.6 is 11.6 Å². The van der Waals surface area contributed by atoms with E-state index in [1.807, 2.05) is 0 Å². The summed E-state index contributed by atoms with van der Waals surface area (Å²) in [4.78, 5) is 26.9. The largest absolute Gasteiger partial charge is 0.507 e. The lowest BCUT2D eigenvalue weighted by atomic mass is 9.95. The lowest BCUT2D eigenvalue weighted by Gasteiger charge is -2.25. The molecule has 0 aliphatic carbocycles. The molecule has 1 heterocycles. The summed E-state index contributed by atoms with van der Waals surface area (Å²) in [6.45, 7) is 0.472. The van der Waals surface area contributed by atoms with Gasteiger partial charge in [-0.2, -0.15) is 0 Å². The molecule has 2 aromatic rings. The van der Waals surface area contributed by atoms with Gasteiger partial charge in [-0.05, 0) is 29.8 Å². The van der Waals surface area contributed by atoms with Crippen molar-refractivity contribution < 1.29 is 24.2 Å².